The van der Waals surface area contributed by atoms with Gasteiger partial charge in [0, 0.05) is 22.2 Å². The van der Waals surface area contributed by atoms with Crippen molar-refractivity contribution in [1.29, 1.82) is 0 Å². The van der Waals surface area contributed by atoms with Crippen LogP contribution in [-0.2, 0) is 6.54 Å². The predicted molar refractivity (Wildman–Crippen MR) is 81.8 cm³/mol. The lowest BCUT2D eigenvalue weighted by Crippen LogP contribution is -1.97. The first-order valence-electron chi connectivity index (χ1n) is 5.36. The molecule has 0 saturated heterocycles. The average molecular weight is 303 g/mol. The monoisotopic (exact) mass is 301 g/mol. The zero-order chi connectivity index (χ0) is 12.4. The molecule has 0 radical (unpaired) electrons. The maximum absolute atomic E-state index is 6.20. The van der Waals surface area contributed by atoms with Crippen LogP contribution in [0.4, 0.5) is 0 Å². The molecule has 0 heterocycles. The van der Waals surface area contributed by atoms with Crippen LogP contribution >= 0.6 is 35.6 Å². The maximum Gasteiger partial charge on any atom is 0.0499 e. The van der Waals surface area contributed by atoms with Gasteiger partial charge in [0.25, 0.3) is 0 Å². The van der Waals surface area contributed by atoms with Gasteiger partial charge >= 0.3 is 0 Å². The van der Waals surface area contributed by atoms with E-state index in [-0.39, 0.29) is 12.4 Å². The van der Waals surface area contributed by atoms with E-state index >= 15 is 0 Å². The normalized spacial score (nSPS) is 10.0. The second-order valence-corrected chi connectivity index (χ2v) is 4.88. The van der Waals surface area contributed by atoms with Crippen molar-refractivity contribution in [2.75, 3.05) is 0 Å². The van der Waals surface area contributed by atoms with Crippen LogP contribution < -0.4 is 5.73 Å². The third-order valence-electron chi connectivity index (χ3n) is 2.61. The summed E-state index contributed by atoms with van der Waals surface area (Å²) in [6.07, 6.45) is 0. The summed E-state index contributed by atoms with van der Waals surface area (Å²) in [6, 6.07) is 11.7. The fourth-order valence-corrected chi connectivity index (χ4v) is 2.38. The summed E-state index contributed by atoms with van der Waals surface area (Å²) in [4.78, 5) is 0. The molecule has 0 aliphatic heterocycles. The van der Waals surface area contributed by atoms with Crippen LogP contribution in [0.2, 0.25) is 10.0 Å². The summed E-state index contributed by atoms with van der Waals surface area (Å²) in [5.74, 6) is 0. The predicted octanol–water partition coefficient (Wildman–Crippen LogP) is 4.85. The molecule has 0 bridgehead atoms. The maximum atomic E-state index is 6.20. The Morgan fingerprint density at radius 3 is 2.39 bits per heavy atom. The smallest absolute Gasteiger partial charge is 0.0499 e. The molecule has 0 spiro atoms. The van der Waals surface area contributed by atoms with E-state index in [2.05, 4.69) is 18.2 Å². The molecule has 0 aliphatic carbocycles. The van der Waals surface area contributed by atoms with Gasteiger partial charge in [-0.25, -0.2) is 0 Å². The van der Waals surface area contributed by atoms with E-state index in [4.69, 9.17) is 28.9 Å². The Kier molecular flexibility index (Phi) is 5.48. The van der Waals surface area contributed by atoms with Gasteiger partial charge in [-0.2, -0.15) is 0 Å². The quantitative estimate of drug-likeness (QED) is 0.843. The minimum absolute atomic E-state index is 0. The van der Waals surface area contributed by atoms with Crippen LogP contribution in [0.15, 0.2) is 36.4 Å². The summed E-state index contributed by atoms with van der Waals surface area (Å²) < 4.78 is 0. The first kappa shape index (κ1) is 15.3. The average Bonchev–Trinajstić information content (AvgIpc) is 2.28. The van der Waals surface area contributed by atoms with Gasteiger partial charge in [-0.05, 0) is 36.2 Å². The number of benzene rings is 2. The summed E-state index contributed by atoms with van der Waals surface area (Å²) in [6.45, 7) is 2.58. The lowest BCUT2D eigenvalue weighted by molar-refractivity contribution is 1.07. The van der Waals surface area contributed by atoms with Crippen LogP contribution in [0.3, 0.4) is 0 Å². The fraction of sp³-hybridized carbons (Fsp3) is 0.143. The second-order valence-electron chi connectivity index (χ2n) is 4.04. The molecule has 0 atom stereocenters. The van der Waals surface area contributed by atoms with Gasteiger partial charge in [-0.1, -0.05) is 47.0 Å². The molecule has 1 nitrogen and oxygen atoms in total. The highest BCUT2D eigenvalue weighted by Crippen LogP contribution is 2.31. The van der Waals surface area contributed by atoms with Gasteiger partial charge in [0.05, 0.1) is 0 Å². The van der Waals surface area contributed by atoms with Crippen molar-refractivity contribution in [2.24, 2.45) is 5.73 Å². The van der Waals surface area contributed by atoms with Gasteiger partial charge in [0.2, 0.25) is 0 Å². The van der Waals surface area contributed by atoms with Gasteiger partial charge in [-0.15, -0.1) is 12.4 Å². The summed E-state index contributed by atoms with van der Waals surface area (Å²) in [7, 11) is 0. The number of nitrogens with two attached hydrogens (primary N) is 1. The molecule has 0 aliphatic rings. The zero-order valence-electron chi connectivity index (χ0n) is 9.91. The van der Waals surface area contributed by atoms with Crippen molar-refractivity contribution in [3.63, 3.8) is 0 Å². The van der Waals surface area contributed by atoms with Crippen molar-refractivity contribution in [1.82, 2.24) is 0 Å². The van der Waals surface area contributed by atoms with E-state index in [1.165, 1.54) is 5.56 Å². The third-order valence-corrected chi connectivity index (χ3v) is 3.16. The molecule has 0 fully saturated rings. The van der Waals surface area contributed by atoms with Crippen molar-refractivity contribution in [2.45, 2.75) is 13.5 Å². The van der Waals surface area contributed by atoms with Gasteiger partial charge in [-0.3, -0.25) is 0 Å². The third kappa shape index (κ3) is 3.39. The Hall–Kier alpha value is -0.730. The summed E-state index contributed by atoms with van der Waals surface area (Å²) in [5.41, 5.74) is 10.0. The van der Waals surface area contributed by atoms with Crippen LogP contribution in [-0.4, -0.2) is 0 Å². The Bertz CT molecular complexity index is 553. The Morgan fingerprint density at radius 2 is 1.78 bits per heavy atom. The Balaban J connectivity index is 0.00000162. The standard InChI is InChI=1S/C14H13Cl2N.ClH/c1-9-4-10(8-17)6-11(5-9)13-3-2-12(15)7-14(13)16;/h2-7H,8,17H2,1H3;1H. The lowest BCUT2D eigenvalue weighted by Gasteiger charge is -2.08. The van der Waals surface area contributed by atoms with Gasteiger partial charge in [0.15, 0.2) is 0 Å². The number of rotatable bonds is 2. The molecule has 18 heavy (non-hydrogen) atoms. The fourth-order valence-electron chi connectivity index (χ4n) is 1.86. The second kappa shape index (κ2) is 6.44. The molecule has 0 aromatic heterocycles. The van der Waals surface area contributed by atoms with Crippen molar-refractivity contribution >= 4 is 35.6 Å². The highest BCUT2D eigenvalue weighted by molar-refractivity contribution is 6.36. The topological polar surface area (TPSA) is 26.0 Å². The highest BCUT2D eigenvalue weighted by atomic mass is 35.5. The Labute approximate surface area is 123 Å². The van der Waals surface area contributed by atoms with E-state index in [0.29, 0.717) is 16.6 Å². The molecule has 96 valence electrons. The first-order chi connectivity index (χ1) is 8.10. The molecule has 2 aromatic carbocycles. The van der Waals surface area contributed by atoms with E-state index in [0.717, 1.165) is 16.7 Å². The zero-order valence-corrected chi connectivity index (χ0v) is 12.2. The van der Waals surface area contributed by atoms with E-state index < -0.39 is 0 Å². The number of hydrogen-bond acceptors (Lipinski definition) is 1. The summed E-state index contributed by atoms with van der Waals surface area (Å²) >= 11 is 12.1. The summed E-state index contributed by atoms with van der Waals surface area (Å²) in [5, 5.41) is 1.30. The van der Waals surface area contributed by atoms with Crippen molar-refractivity contribution in [3.05, 3.63) is 57.6 Å². The largest absolute Gasteiger partial charge is 0.326 e. The minimum Gasteiger partial charge on any atom is -0.326 e. The molecule has 0 saturated carbocycles. The van der Waals surface area contributed by atoms with E-state index in [1.54, 1.807) is 6.07 Å². The van der Waals surface area contributed by atoms with Crippen molar-refractivity contribution < 1.29 is 0 Å². The van der Waals surface area contributed by atoms with Gasteiger partial charge in [0.1, 0.15) is 0 Å². The first-order valence-corrected chi connectivity index (χ1v) is 6.12. The van der Waals surface area contributed by atoms with E-state index in [9.17, 15) is 0 Å². The highest BCUT2D eigenvalue weighted by Gasteiger charge is 2.05. The minimum atomic E-state index is 0. The SMILES string of the molecule is Cc1cc(CN)cc(-c2ccc(Cl)cc2Cl)c1.Cl. The molecule has 2 rings (SSSR count). The van der Waals surface area contributed by atoms with Crippen LogP contribution in [0.1, 0.15) is 11.1 Å². The molecule has 2 N–H and O–H groups in total. The van der Waals surface area contributed by atoms with Crippen LogP contribution in [0.25, 0.3) is 11.1 Å². The number of aryl methyl sites for hydroxylation is 1. The molecular weight excluding hydrogens is 289 g/mol. The lowest BCUT2D eigenvalue weighted by atomic mass is 10.0. The van der Waals surface area contributed by atoms with E-state index in [1.807, 2.05) is 19.1 Å². The number of halogens is 3. The molecule has 4 heteroatoms. The number of hydrogen-bond donors (Lipinski definition) is 1. The molecular formula is C14H14Cl3N. The Morgan fingerprint density at radius 1 is 1.06 bits per heavy atom. The van der Waals surface area contributed by atoms with Gasteiger partial charge < -0.3 is 5.73 Å². The molecule has 0 amide bonds. The molecule has 2 aromatic rings. The molecule has 0 unspecified atom stereocenters. The van der Waals surface area contributed by atoms with Crippen LogP contribution in [0, 0.1) is 6.92 Å². The van der Waals surface area contributed by atoms with Crippen molar-refractivity contribution in [3.8, 4) is 11.1 Å². The van der Waals surface area contributed by atoms with Crippen LogP contribution in [0.5, 0.6) is 0 Å².